The summed E-state index contributed by atoms with van der Waals surface area (Å²) in [5, 5.41) is 0. The number of ether oxygens (including phenoxy) is 1. The lowest BCUT2D eigenvalue weighted by atomic mass is 9.88. The molecule has 36 heavy (non-hydrogen) atoms. The predicted octanol–water partition coefficient (Wildman–Crippen LogP) is 6.30. The molecule has 20 heteroatoms. The van der Waals surface area contributed by atoms with Crippen LogP contribution in [0.5, 0.6) is 0 Å². The monoisotopic (exact) mass is 577 g/mol. The maximum Gasteiger partial charge on any atom is 0.460 e. The molecule has 0 aliphatic rings. The van der Waals surface area contributed by atoms with E-state index in [1.54, 1.807) is 0 Å². The molecule has 0 unspecified atom stereocenters. The van der Waals surface area contributed by atoms with Gasteiger partial charge in [0, 0.05) is 6.42 Å². The minimum atomic E-state index is -8.66. The van der Waals surface area contributed by atoms with Crippen molar-refractivity contribution in [1.82, 2.24) is 0 Å². The molecule has 0 saturated carbocycles. The van der Waals surface area contributed by atoms with Crippen molar-refractivity contribution in [2.45, 2.75) is 80.4 Å². The van der Waals surface area contributed by atoms with Gasteiger partial charge < -0.3 is 10.5 Å². The number of nitrogens with two attached hydrogens (primary N) is 1. The zero-order valence-corrected chi connectivity index (χ0v) is 17.6. The molecule has 0 radical (unpaired) electrons. The van der Waals surface area contributed by atoms with Crippen LogP contribution in [0, 0.1) is 5.92 Å². The average molecular weight is 577 g/mol. The van der Waals surface area contributed by atoms with Crippen molar-refractivity contribution in [2.24, 2.45) is 11.7 Å². The highest BCUT2D eigenvalue weighted by Crippen LogP contribution is 2.64. The molecule has 0 amide bonds. The van der Waals surface area contributed by atoms with Gasteiger partial charge in [-0.3, -0.25) is 4.79 Å². The van der Waals surface area contributed by atoms with Gasteiger partial charge in [0.25, 0.3) is 0 Å². The van der Waals surface area contributed by atoms with Crippen LogP contribution in [0.15, 0.2) is 0 Å². The van der Waals surface area contributed by atoms with Crippen molar-refractivity contribution in [3.8, 4) is 0 Å². The molecule has 0 saturated heterocycles. The third kappa shape index (κ3) is 5.27. The van der Waals surface area contributed by atoms with Gasteiger partial charge in [-0.1, -0.05) is 13.8 Å². The van der Waals surface area contributed by atoms with Crippen molar-refractivity contribution < 1.29 is 84.2 Å². The number of hydrogen-bond donors (Lipinski definition) is 1. The molecule has 0 aliphatic heterocycles. The predicted molar refractivity (Wildman–Crippen MR) is 83.7 cm³/mol. The van der Waals surface area contributed by atoms with Gasteiger partial charge in [0.15, 0.2) is 0 Å². The van der Waals surface area contributed by atoms with E-state index in [4.69, 9.17) is 5.73 Å². The van der Waals surface area contributed by atoms with E-state index in [1.807, 2.05) is 0 Å². The van der Waals surface area contributed by atoms with Crippen molar-refractivity contribution in [3.05, 3.63) is 0 Å². The second-order valence-electron chi connectivity index (χ2n) is 7.69. The van der Waals surface area contributed by atoms with Crippen LogP contribution in [0.3, 0.4) is 0 Å². The highest BCUT2D eigenvalue weighted by Gasteiger charge is 2.95. The molecule has 0 bridgehead atoms. The van der Waals surface area contributed by atoms with Crippen molar-refractivity contribution in [2.75, 3.05) is 6.61 Å². The maximum atomic E-state index is 13.7. The molecule has 0 fully saturated rings. The van der Waals surface area contributed by atoms with Crippen molar-refractivity contribution in [1.29, 1.82) is 0 Å². The Balaban J connectivity index is 6.06. The van der Waals surface area contributed by atoms with Gasteiger partial charge in [0.2, 0.25) is 0 Å². The first-order valence-corrected chi connectivity index (χ1v) is 9.12. The van der Waals surface area contributed by atoms with Gasteiger partial charge in [0.1, 0.15) is 6.04 Å². The summed E-state index contributed by atoms with van der Waals surface area (Å²) in [5.74, 6) is -58.5. The highest BCUT2D eigenvalue weighted by molar-refractivity contribution is 5.75. The first kappa shape index (κ1) is 34.2. The zero-order chi connectivity index (χ0) is 29.6. The normalized spacial score (nSPS) is 16.4. The van der Waals surface area contributed by atoms with Gasteiger partial charge in [-0.05, 0) is 12.3 Å². The molecule has 0 heterocycles. The van der Waals surface area contributed by atoms with E-state index in [0.29, 0.717) is 0 Å². The minimum absolute atomic E-state index is 0.617. The number of carbonyl (C=O) groups is 1. The average Bonchev–Trinajstić information content (AvgIpc) is 2.68. The Morgan fingerprint density at radius 3 is 1.31 bits per heavy atom. The summed E-state index contributed by atoms with van der Waals surface area (Å²) in [6.45, 7) is 1.40. The summed E-state index contributed by atoms with van der Waals surface area (Å²) in [4.78, 5) is 11.4. The summed E-state index contributed by atoms with van der Waals surface area (Å²) >= 11 is 0. The minimum Gasteiger partial charge on any atom is -0.465 e. The van der Waals surface area contributed by atoms with Gasteiger partial charge in [-0.2, -0.15) is 74.6 Å². The largest absolute Gasteiger partial charge is 0.465 e. The number of alkyl halides is 17. The lowest BCUT2D eigenvalue weighted by Gasteiger charge is -2.42. The van der Waals surface area contributed by atoms with Crippen molar-refractivity contribution >= 4 is 5.97 Å². The number of carbonyl (C=O) groups excluding carboxylic acids is 1. The maximum absolute atomic E-state index is 13.7. The molecule has 1 atom stereocenters. The Bertz CT molecular complexity index is 775. The smallest absolute Gasteiger partial charge is 0.460 e. The van der Waals surface area contributed by atoms with Crippen LogP contribution < -0.4 is 5.73 Å². The van der Waals surface area contributed by atoms with Crippen LogP contribution in [0.25, 0.3) is 0 Å². The van der Waals surface area contributed by atoms with E-state index in [0.717, 1.165) is 0 Å². The molecule has 2 N–H and O–H groups in total. The van der Waals surface area contributed by atoms with Crippen molar-refractivity contribution in [3.63, 3.8) is 0 Å². The second-order valence-corrected chi connectivity index (χ2v) is 7.69. The molecule has 0 aliphatic carbocycles. The van der Waals surface area contributed by atoms with E-state index in [1.165, 1.54) is 13.8 Å². The quantitative estimate of drug-likeness (QED) is 0.168. The topological polar surface area (TPSA) is 52.3 Å². The third-order valence-electron chi connectivity index (χ3n) is 4.66. The molecule has 0 aromatic heterocycles. The van der Waals surface area contributed by atoms with Crippen LogP contribution in [0.1, 0.15) is 26.7 Å². The number of halogens is 17. The number of rotatable bonds is 12. The van der Waals surface area contributed by atoms with Crippen LogP contribution in [0.4, 0.5) is 74.6 Å². The van der Waals surface area contributed by atoms with Gasteiger partial charge in [-0.25, -0.2) is 0 Å². The first-order chi connectivity index (χ1) is 15.5. The first-order valence-electron chi connectivity index (χ1n) is 9.12. The Hall–Kier alpha value is -1.76. The summed E-state index contributed by atoms with van der Waals surface area (Å²) in [7, 11) is 0. The summed E-state index contributed by atoms with van der Waals surface area (Å²) < 4.78 is 227. The second kappa shape index (κ2) is 9.85. The third-order valence-corrected chi connectivity index (χ3v) is 4.66. The Labute approximate surface area is 190 Å². The fraction of sp³-hybridized carbons (Fsp3) is 0.938. The molecular formula is C16H16F17NO2. The van der Waals surface area contributed by atoms with E-state index in [9.17, 15) is 79.4 Å². The summed E-state index contributed by atoms with van der Waals surface area (Å²) in [5.41, 5.74) is 5.25. The molecule has 0 aromatic carbocycles. The molecule has 3 nitrogen and oxygen atoms in total. The Morgan fingerprint density at radius 2 is 0.972 bits per heavy atom. The summed E-state index contributed by atoms with van der Waals surface area (Å²) in [6.07, 6.45) is -12.0. The molecule has 0 rings (SSSR count). The van der Waals surface area contributed by atoms with E-state index >= 15 is 0 Å². The number of hydrogen-bond acceptors (Lipinski definition) is 3. The zero-order valence-electron chi connectivity index (χ0n) is 17.6. The van der Waals surface area contributed by atoms with E-state index in [2.05, 4.69) is 4.74 Å². The van der Waals surface area contributed by atoms with Crippen LogP contribution in [-0.4, -0.2) is 66.3 Å². The molecule has 216 valence electrons. The molecular weight excluding hydrogens is 561 g/mol. The Morgan fingerprint density at radius 1 is 0.639 bits per heavy atom. The molecule has 0 spiro atoms. The van der Waals surface area contributed by atoms with Gasteiger partial charge >= 0.3 is 53.6 Å². The fourth-order valence-electron chi connectivity index (χ4n) is 2.19. The molecule has 0 aromatic rings. The number of esters is 1. The fourth-order valence-corrected chi connectivity index (χ4v) is 2.19. The van der Waals surface area contributed by atoms with Gasteiger partial charge in [0.05, 0.1) is 6.61 Å². The lowest BCUT2D eigenvalue weighted by molar-refractivity contribution is -0.461. The lowest BCUT2D eigenvalue weighted by Crippen LogP contribution is -2.74. The standard InChI is InChI=1S/C16H16F17NO2/c1-6(2)7(34)8(35)36-5-3-4-9(17,18)10(19,20)11(21,22)12(23,24)13(25,26)14(27,28)15(29,30)16(31,32)33/h6-7H,3-5,34H2,1-2H3/t7-/m0/s1. The summed E-state index contributed by atoms with van der Waals surface area (Å²) in [6, 6.07) is -1.39. The van der Waals surface area contributed by atoms with Gasteiger partial charge in [-0.15, -0.1) is 0 Å². The van der Waals surface area contributed by atoms with Crippen LogP contribution in [0.2, 0.25) is 0 Å². The SMILES string of the molecule is CC(C)[C@H](N)C(=O)OCCCC(F)(F)C(F)(F)C(F)(F)C(F)(F)C(F)(F)C(F)(F)C(F)(F)C(F)(F)F. The highest BCUT2D eigenvalue weighted by atomic mass is 19.4. The van der Waals surface area contributed by atoms with E-state index in [-0.39, 0.29) is 0 Å². The van der Waals surface area contributed by atoms with Crippen LogP contribution in [-0.2, 0) is 9.53 Å². The Kier molecular flexibility index (Phi) is 9.36. The van der Waals surface area contributed by atoms with Crippen LogP contribution >= 0.6 is 0 Å². The van der Waals surface area contributed by atoms with E-state index < -0.39 is 85.0 Å².